The van der Waals surface area contributed by atoms with Crippen LogP contribution in [0.4, 0.5) is 0 Å². The highest BCUT2D eigenvalue weighted by atomic mass is 16.5. The first-order valence-electron chi connectivity index (χ1n) is 6.77. The number of carbonyl (C=O) groups is 1. The Morgan fingerprint density at radius 3 is 2.67 bits per heavy atom. The van der Waals surface area contributed by atoms with Gasteiger partial charge in [0.05, 0.1) is 13.3 Å². The highest BCUT2D eigenvalue weighted by Gasteiger charge is 2.38. The Morgan fingerprint density at radius 1 is 1.44 bits per heavy atom. The van der Waals surface area contributed by atoms with Gasteiger partial charge in [-0.1, -0.05) is 26.2 Å². The summed E-state index contributed by atoms with van der Waals surface area (Å²) in [5, 5.41) is 4.22. The van der Waals surface area contributed by atoms with E-state index >= 15 is 0 Å². The van der Waals surface area contributed by atoms with Gasteiger partial charge in [0.25, 0.3) is 0 Å². The van der Waals surface area contributed by atoms with Crippen LogP contribution in [0.2, 0.25) is 0 Å². The van der Waals surface area contributed by atoms with Crippen molar-refractivity contribution in [3.8, 4) is 5.75 Å². The zero-order chi connectivity index (χ0) is 13.2. The SMILES string of the molecule is CCn1ncc(OC)c1C(=O)C1(C)CCCCC1. The number of Topliss-reactive ketones (excluding diaryl/α,β-unsaturated/α-hetero) is 1. The smallest absolute Gasteiger partial charge is 0.190 e. The zero-order valence-electron chi connectivity index (χ0n) is 11.5. The molecule has 0 N–H and O–H groups in total. The molecule has 1 heterocycles. The number of nitrogens with zero attached hydrogens (tertiary/aromatic N) is 2. The molecule has 0 aliphatic heterocycles. The minimum Gasteiger partial charge on any atom is -0.493 e. The van der Waals surface area contributed by atoms with Gasteiger partial charge in [-0.2, -0.15) is 5.10 Å². The molecular formula is C14H22N2O2. The van der Waals surface area contributed by atoms with E-state index in [-0.39, 0.29) is 11.2 Å². The summed E-state index contributed by atoms with van der Waals surface area (Å²) >= 11 is 0. The van der Waals surface area contributed by atoms with Crippen molar-refractivity contribution in [3.63, 3.8) is 0 Å². The molecule has 1 aromatic heterocycles. The monoisotopic (exact) mass is 250 g/mol. The summed E-state index contributed by atoms with van der Waals surface area (Å²) in [6, 6.07) is 0. The molecular weight excluding hydrogens is 228 g/mol. The maximum absolute atomic E-state index is 12.8. The largest absolute Gasteiger partial charge is 0.493 e. The lowest BCUT2D eigenvalue weighted by molar-refractivity contribution is 0.0734. The van der Waals surface area contributed by atoms with Crippen molar-refractivity contribution in [2.24, 2.45) is 5.41 Å². The van der Waals surface area contributed by atoms with Crippen LogP contribution < -0.4 is 4.74 Å². The van der Waals surface area contributed by atoms with Crippen LogP contribution in [-0.4, -0.2) is 22.7 Å². The molecule has 0 aromatic carbocycles. The number of aryl methyl sites for hydroxylation is 1. The van der Waals surface area contributed by atoms with E-state index < -0.39 is 0 Å². The third-order valence-electron chi connectivity index (χ3n) is 4.05. The number of ether oxygens (including phenoxy) is 1. The van der Waals surface area contributed by atoms with Crippen molar-refractivity contribution in [2.75, 3.05) is 7.11 Å². The fourth-order valence-electron chi connectivity index (χ4n) is 2.83. The summed E-state index contributed by atoms with van der Waals surface area (Å²) in [6.45, 7) is 4.77. The second-order valence-electron chi connectivity index (χ2n) is 5.33. The van der Waals surface area contributed by atoms with Crippen LogP contribution in [0, 0.1) is 5.41 Å². The molecule has 1 saturated carbocycles. The molecule has 0 saturated heterocycles. The first-order chi connectivity index (χ1) is 8.62. The van der Waals surface area contributed by atoms with E-state index in [4.69, 9.17) is 4.74 Å². The maximum Gasteiger partial charge on any atom is 0.190 e. The predicted molar refractivity (Wildman–Crippen MR) is 70.0 cm³/mol. The molecule has 0 amide bonds. The number of carbonyl (C=O) groups excluding carboxylic acids is 1. The third kappa shape index (κ3) is 2.16. The van der Waals surface area contributed by atoms with Gasteiger partial charge >= 0.3 is 0 Å². The third-order valence-corrected chi connectivity index (χ3v) is 4.05. The number of hydrogen-bond donors (Lipinski definition) is 0. The number of ketones is 1. The number of aromatic nitrogens is 2. The fourth-order valence-corrected chi connectivity index (χ4v) is 2.83. The van der Waals surface area contributed by atoms with E-state index in [1.165, 1.54) is 6.42 Å². The summed E-state index contributed by atoms with van der Waals surface area (Å²) in [6.07, 6.45) is 7.12. The van der Waals surface area contributed by atoms with E-state index in [1.807, 2.05) is 6.92 Å². The predicted octanol–water partition coefficient (Wildman–Crippen LogP) is 3.06. The molecule has 4 nitrogen and oxygen atoms in total. The lowest BCUT2D eigenvalue weighted by Crippen LogP contribution is -2.32. The first kappa shape index (κ1) is 13.1. The van der Waals surface area contributed by atoms with Crippen LogP contribution in [0.3, 0.4) is 0 Å². The molecule has 0 spiro atoms. The van der Waals surface area contributed by atoms with E-state index in [9.17, 15) is 4.79 Å². The van der Waals surface area contributed by atoms with Crippen molar-refractivity contribution < 1.29 is 9.53 Å². The van der Waals surface area contributed by atoms with Gasteiger partial charge < -0.3 is 4.74 Å². The second kappa shape index (κ2) is 5.12. The minimum atomic E-state index is -0.238. The van der Waals surface area contributed by atoms with E-state index in [2.05, 4.69) is 12.0 Å². The number of methoxy groups -OCH3 is 1. The molecule has 0 bridgehead atoms. The Hall–Kier alpha value is -1.32. The van der Waals surface area contributed by atoms with Gasteiger partial charge in [-0.15, -0.1) is 0 Å². The normalized spacial score (nSPS) is 18.6. The molecule has 1 fully saturated rings. The first-order valence-corrected chi connectivity index (χ1v) is 6.77. The molecule has 2 rings (SSSR count). The molecule has 18 heavy (non-hydrogen) atoms. The summed E-state index contributed by atoms with van der Waals surface area (Å²) in [4.78, 5) is 12.8. The highest BCUT2D eigenvalue weighted by molar-refractivity contribution is 6.01. The van der Waals surface area contributed by atoms with E-state index in [0.717, 1.165) is 25.7 Å². The van der Waals surface area contributed by atoms with Gasteiger partial charge in [-0.25, -0.2) is 0 Å². The number of hydrogen-bond acceptors (Lipinski definition) is 3. The average Bonchev–Trinajstić information content (AvgIpc) is 2.81. The Bertz CT molecular complexity index is 410. The summed E-state index contributed by atoms with van der Waals surface area (Å²) < 4.78 is 7.03. The van der Waals surface area contributed by atoms with Crippen LogP contribution in [0.15, 0.2) is 6.20 Å². The standard InChI is InChI=1S/C14H22N2O2/c1-4-16-12(11(18-3)10-15-16)13(17)14(2)8-6-5-7-9-14/h10H,4-9H2,1-3H3. The molecule has 1 aliphatic rings. The Labute approximate surface area is 108 Å². The van der Waals surface area contributed by atoms with Crippen LogP contribution in [0.5, 0.6) is 5.75 Å². The molecule has 0 atom stereocenters. The molecule has 1 aliphatic carbocycles. The fraction of sp³-hybridized carbons (Fsp3) is 0.714. The minimum absolute atomic E-state index is 0.193. The average molecular weight is 250 g/mol. The molecule has 0 unspecified atom stereocenters. The van der Waals surface area contributed by atoms with Gasteiger partial charge in [0.15, 0.2) is 11.5 Å². The van der Waals surface area contributed by atoms with Gasteiger partial charge in [-0.3, -0.25) is 9.48 Å². The number of rotatable bonds is 4. The van der Waals surface area contributed by atoms with Crippen molar-refractivity contribution in [1.29, 1.82) is 0 Å². The van der Waals surface area contributed by atoms with Gasteiger partial charge in [-0.05, 0) is 19.8 Å². The van der Waals surface area contributed by atoms with Crippen LogP contribution in [0.25, 0.3) is 0 Å². The quantitative estimate of drug-likeness (QED) is 0.771. The van der Waals surface area contributed by atoms with Crippen LogP contribution >= 0.6 is 0 Å². The van der Waals surface area contributed by atoms with Crippen molar-refractivity contribution in [2.45, 2.75) is 52.5 Å². The van der Waals surface area contributed by atoms with Gasteiger partial charge in [0.2, 0.25) is 0 Å². The molecule has 0 radical (unpaired) electrons. The lowest BCUT2D eigenvalue weighted by Gasteiger charge is -2.32. The Kier molecular flexibility index (Phi) is 3.73. The highest BCUT2D eigenvalue weighted by Crippen LogP contribution is 2.40. The van der Waals surface area contributed by atoms with Crippen molar-refractivity contribution >= 4 is 5.78 Å². The molecule has 100 valence electrons. The topological polar surface area (TPSA) is 44.1 Å². The van der Waals surface area contributed by atoms with E-state index in [1.54, 1.807) is 18.0 Å². The zero-order valence-corrected chi connectivity index (χ0v) is 11.5. The summed E-state index contributed by atoms with van der Waals surface area (Å²) in [7, 11) is 1.59. The summed E-state index contributed by atoms with van der Waals surface area (Å²) in [5.74, 6) is 0.798. The molecule has 1 aromatic rings. The maximum atomic E-state index is 12.8. The molecule has 4 heteroatoms. The second-order valence-corrected chi connectivity index (χ2v) is 5.33. The van der Waals surface area contributed by atoms with Crippen molar-refractivity contribution in [1.82, 2.24) is 9.78 Å². The van der Waals surface area contributed by atoms with Crippen molar-refractivity contribution in [3.05, 3.63) is 11.9 Å². The lowest BCUT2D eigenvalue weighted by atomic mass is 9.72. The van der Waals surface area contributed by atoms with Crippen LogP contribution in [-0.2, 0) is 6.54 Å². The Balaban J connectivity index is 2.35. The summed E-state index contributed by atoms with van der Waals surface area (Å²) in [5.41, 5.74) is 0.405. The Morgan fingerprint density at radius 2 is 2.11 bits per heavy atom. The van der Waals surface area contributed by atoms with Gasteiger partial charge in [0, 0.05) is 12.0 Å². The van der Waals surface area contributed by atoms with E-state index in [0.29, 0.717) is 18.0 Å². The van der Waals surface area contributed by atoms with Gasteiger partial charge in [0.1, 0.15) is 5.69 Å². The van der Waals surface area contributed by atoms with Crippen LogP contribution in [0.1, 0.15) is 56.4 Å².